The summed E-state index contributed by atoms with van der Waals surface area (Å²) in [6, 6.07) is 3.82. The van der Waals surface area contributed by atoms with Gasteiger partial charge in [0.1, 0.15) is 5.52 Å². The van der Waals surface area contributed by atoms with Gasteiger partial charge in [0.25, 0.3) is 0 Å². The van der Waals surface area contributed by atoms with Crippen molar-refractivity contribution in [3.8, 4) is 0 Å². The van der Waals surface area contributed by atoms with E-state index >= 15 is 0 Å². The van der Waals surface area contributed by atoms with E-state index in [4.69, 9.17) is 23.2 Å². The van der Waals surface area contributed by atoms with Crippen LogP contribution in [0.3, 0.4) is 0 Å². The highest BCUT2D eigenvalue weighted by Crippen LogP contribution is 2.36. The number of hydrogen-bond acceptors (Lipinski definition) is 4. The van der Waals surface area contributed by atoms with Gasteiger partial charge in [-0.2, -0.15) is 0 Å². The standard InChI is InChI=1S/C12H13Cl2N3S/c13-8-2-3-9-11(10(8)14)16-12(18-9)17-6-1-4-15-5-7-17/h2-3,15H,1,4-7H2. The van der Waals surface area contributed by atoms with Crippen LogP contribution >= 0.6 is 34.5 Å². The Bertz CT molecular complexity index is 562. The third-order valence-corrected chi connectivity index (χ3v) is 4.93. The van der Waals surface area contributed by atoms with Crippen LogP contribution in [-0.4, -0.2) is 31.2 Å². The molecule has 1 aromatic carbocycles. The summed E-state index contributed by atoms with van der Waals surface area (Å²) in [6.45, 7) is 4.11. The van der Waals surface area contributed by atoms with E-state index < -0.39 is 0 Å². The van der Waals surface area contributed by atoms with Crippen molar-refractivity contribution < 1.29 is 0 Å². The number of hydrogen-bond donors (Lipinski definition) is 1. The van der Waals surface area contributed by atoms with Crippen LogP contribution in [0.25, 0.3) is 10.2 Å². The largest absolute Gasteiger partial charge is 0.347 e. The molecule has 0 amide bonds. The van der Waals surface area contributed by atoms with Crippen LogP contribution in [0.2, 0.25) is 10.0 Å². The van der Waals surface area contributed by atoms with Crippen LogP contribution in [0, 0.1) is 0 Å². The molecule has 0 spiro atoms. The lowest BCUT2D eigenvalue weighted by Crippen LogP contribution is -2.27. The van der Waals surface area contributed by atoms with E-state index in [0.29, 0.717) is 10.0 Å². The van der Waals surface area contributed by atoms with Gasteiger partial charge in [0.05, 0.1) is 14.7 Å². The van der Waals surface area contributed by atoms with E-state index in [9.17, 15) is 0 Å². The van der Waals surface area contributed by atoms with E-state index in [1.807, 2.05) is 12.1 Å². The zero-order chi connectivity index (χ0) is 12.5. The highest BCUT2D eigenvalue weighted by atomic mass is 35.5. The number of anilines is 1. The van der Waals surface area contributed by atoms with Crippen molar-refractivity contribution >= 4 is 49.9 Å². The Hall–Kier alpha value is -0.550. The van der Waals surface area contributed by atoms with Gasteiger partial charge in [-0.1, -0.05) is 34.5 Å². The Labute approximate surface area is 120 Å². The minimum absolute atomic E-state index is 0.560. The highest BCUT2D eigenvalue weighted by Gasteiger charge is 2.16. The number of rotatable bonds is 1. The first-order chi connectivity index (χ1) is 8.75. The molecule has 96 valence electrons. The molecule has 1 aromatic heterocycles. The summed E-state index contributed by atoms with van der Waals surface area (Å²) < 4.78 is 1.09. The number of nitrogens with one attached hydrogen (secondary N) is 1. The maximum absolute atomic E-state index is 6.19. The average molecular weight is 302 g/mol. The second kappa shape index (κ2) is 5.21. The molecule has 1 aliphatic rings. The van der Waals surface area contributed by atoms with Crippen LogP contribution in [0.1, 0.15) is 6.42 Å². The maximum atomic E-state index is 6.19. The topological polar surface area (TPSA) is 28.2 Å². The molecule has 2 heterocycles. The fraction of sp³-hybridized carbons (Fsp3) is 0.417. The molecule has 18 heavy (non-hydrogen) atoms. The zero-order valence-electron chi connectivity index (χ0n) is 9.75. The molecule has 0 bridgehead atoms. The van der Waals surface area contributed by atoms with Crippen LogP contribution in [0.4, 0.5) is 5.13 Å². The minimum Gasteiger partial charge on any atom is -0.347 e. The van der Waals surface area contributed by atoms with Gasteiger partial charge < -0.3 is 10.2 Å². The van der Waals surface area contributed by atoms with Crippen molar-refractivity contribution in [2.24, 2.45) is 0 Å². The summed E-state index contributed by atoms with van der Waals surface area (Å²) in [5.41, 5.74) is 0.821. The number of nitrogens with zero attached hydrogens (tertiary/aromatic N) is 2. The highest BCUT2D eigenvalue weighted by molar-refractivity contribution is 7.22. The number of benzene rings is 1. The number of halogens is 2. The summed E-state index contributed by atoms with van der Waals surface area (Å²) in [5.74, 6) is 0. The van der Waals surface area contributed by atoms with Gasteiger partial charge in [-0.25, -0.2) is 4.98 Å². The molecule has 1 N–H and O–H groups in total. The van der Waals surface area contributed by atoms with E-state index in [1.165, 1.54) is 0 Å². The SMILES string of the molecule is Clc1ccc2sc(N3CCCNCC3)nc2c1Cl. The Morgan fingerprint density at radius 2 is 2.11 bits per heavy atom. The molecule has 1 aliphatic heterocycles. The van der Waals surface area contributed by atoms with Gasteiger partial charge in [-0.3, -0.25) is 0 Å². The van der Waals surface area contributed by atoms with Gasteiger partial charge >= 0.3 is 0 Å². The monoisotopic (exact) mass is 301 g/mol. The lowest BCUT2D eigenvalue weighted by molar-refractivity contribution is 0.724. The number of fused-ring (bicyclic) bond motifs is 1. The fourth-order valence-corrected chi connectivity index (χ4v) is 3.54. The van der Waals surface area contributed by atoms with Gasteiger partial charge in [0, 0.05) is 19.6 Å². The van der Waals surface area contributed by atoms with Crippen molar-refractivity contribution in [3.63, 3.8) is 0 Å². The predicted molar refractivity (Wildman–Crippen MR) is 79.3 cm³/mol. The van der Waals surface area contributed by atoms with E-state index in [1.54, 1.807) is 11.3 Å². The van der Waals surface area contributed by atoms with E-state index in [0.717, 1.165) is 47.9 Å². The summed E-state index contributed by atoms with van der Waals surface area (Å²) in [5, 5.41) is 5.56. The Balaban J connectivity index is 1.99. The molecule has 3 rings (SSSR count). The molecule has 1 saturated heterocycles. The van der Waals surface area contributed by atoms with Crippen molar-refractivity contribution in [1.29, 1.82) is 0 Å². The van der Waals surface area contributed by atoms with Gasteiger partial charge in [0.2, 0.25) is 0 Å². The van der Waals surface area contributed by atoms with E-state index in [2.05, 4.69) is 15.2 Å². The van der Waals surface area contributed by atoms with Crippen molar-refractivity contribution in [1.82, 2.24) is 10.3 Å². The summed E-state index contributed by atoms with van der Waals surface area (Å²) in [6.07, 6.45) is 1.14. The molecule has 0 atom stereocenters. The number of aromatic nitrogens is 1. The minimum atomic E-state index is 0.560. The first-order valence-electron chi connectivity index (χ1n) is 5.96. The third kappa shape index (κ3) is 2.30. The molecule has 0 radical (unpaired) electrons. The Morgan fingerprint density at radius 1 is 1.22 bits per heavy atom. The molecular formula is C12H13Cl2N3S. The van der Waals surface area contributed by atoms with Crippen LogP contribution in [0.15, 0.2) is 12.1 Å². The molecule has 0 saturated carbocycles. The van der Waals surface area contributed by atoms with Gasteiger partial charge in [0.15, 0.2) is 5.13 Å². The first kappa shape index (κ1) is 12.5. The molecule has 2 aromatic rings. The van der Waals surface area contributed by atoms with Crippen molar-refractivity contribution in [2.75, 3.05) is 31.1 Å². The quantitative estimate of drug-likeness (QED) is 0.875. The molecule has 1 fully saturated rings. The zero-order valence-corrected chi connectivity index (χ0v) is 12.1. The van der Waals surface area contributed by atoms with Gasteiger partial charge in [-0.15, -0.1) is 0 Å². The van der Waals surface area contributed by atoms with Crippen molar-refractivity contribution in [3.05, 3.63) is 22.2 Å². The first-order valence-corrected chi connectivity index (χ1v) is 7.53. The molecule has 3 nitrogen and oxygen atoms in total. The lowest BCUT2D eigenvalue weighted by Gasteiger charge is -2.17. The lowest BCUT2D eigenvalue weighted by atomic mass is 10.3. The van der Waals surface area contributed by atoms with Crippen LogP contribution < -0.4 is 10.2 Å². The maximum Gasteiger partial charge on any atom is 0.186 e. The van der Waals surface area contributed by atoms with Crippen LogP contribution in [-0.2, 0) is 0 Å². The normalized spacial score (nSPS) is 17.1. The number of thiazole rings is 1. The predicted octanol–water partition coefficient (Wildman–Crippen LogP) is 3.40. The van der Waals surface area contributed by atoms with Gasteiger partial charge in [-0.05, 0) is 25.1 Å². The second-order valence-electron chi connectivity index (χ2n) is 4.30. The Kier molecular flexibility index (Phi) is 3.61. The average Bonchev–Trinajstić information content (AvgIpc) is 2.62. The Morgan fingerprint density at radius 3 is 3.00 bits per heavy atom. The van der Waals surface area contributed by atoms with Crippen LogP contribution in [0.5, 0.6) is 0 Å². The molecule has 0 unspecified atom stereocenters. The molecule has 0 aliphatic carbocycles. The summed E-state index contributed by atoms with van der Waals surface area (Å²) >= 11 is 13.9. The summed E-state index contributed by atoms with van der Waals surface area (Å²) in [4.78, 5) is 6.95. The van der Waals surface area contributed by atoms with Crippen molar-refractivity contribution in [2.45, 2.75) is 6.42 Å². The molecular weight excluding hydrogens is 289 g/mol. The summed E-state index contributed by atoms with van der Waals surface area (Å²) in [7, 11) is 0. The fourth-order valence-electron chi connectivity index (χ4n) is 2.10. The smallest absolute Gasteiger partial charge is 0.186 e. The second-order valence-corrected chi connectivity index (χ2v) is 6.09. The molecule has 6 heteroatoms. The van der Waals surface area contributed by atoms with E-state index in [-0.39, 0.29) is 0 Å². The third-order valence-electron chi connectivity index (χ3n) is 3.05.